The molecule has 0 unspecified atom stereocenters. The second-order valence-corrected chi connectivity index (χ2v) is 7.94. The van der Waals surface area contributed by atoms with Crippen LogP contribution < -0.4 is 10.1 Å². The maximum Gasteiger partial charge on any atom is 0.266 e. The van der Waals surface area contributed by atoms with Gasteiger partial charge in [-0.3, -0.25) is 4.79 Å². The number of halogens is 3. The molecule has 0 heterocycles. The van der Waals surface area contributed by atoms with Crippen LogP contribution in [0.5, 0.6) is 5.75 Å². The lowest BCUT2D eigenvalue weighted by molar-refractivity contribution is -0.112. The van der Waals surface area contributed by atoms with Gasteiger partial charge in [-0.1, -0.05) is 47.5 Å². The Balaban J connectivity index is 1.90. The minimum Gasteiger partial charge on any atom is -0.487 e. The molecule has 0 spiro atoms. The van der Waals surface area contributed by atoms with Gasteiger partial charge < -0.3 is 10.1 Å². The van der Waals surface area contributed by atoms with E-state index in [9.17, 15) is 14.4 Å². The van der Waals surface area contributed by atoms with E-state index < -0.39 is 5.91 Å². The molecule has 3 aromatic rings. The summed E-state index contributed by atoms with van der Waals surface area (Å²) in [4.78, 5) is 12.8. The summed E-state index contributed by atoms with van der Waals surface area (Å²) in [6.07, 6.45) is 1.37. The van der Waals surface area contributed by atoms with E-state index in [1.165, 1.54) is 24.3 Å². The SMILES string of the molecule is Cc1cccc(NC(=O)/C(C#N)=C/c2cc(Cl)cc(Cl)c2OCc2ccc(F)cc2)c1C. The first-order valence-electron chi connectivity index (χ1n) is 9.64. The van der Waals surface area contributed by atoms with Crippen LogP contribution in [0.25, 0.3) is 6.08 Å². The zero-order valence-corrected chi connectivity index (χ0v) is 18.9. The Labute approximate surface area is 195 Å². The molecule has 32 heavy (non-hydrogen) atoms. The number of nitrogens with zero attached hydrogens (tertiary/aromatic N) is 1. The number of nitrogens with one attached hydrogen (secondary N) is 1. The van der Waals surface area contributed by atoms with E-state index in [0.717, 1.165) is 16.7 Å². The highest BCUT2D eigenvalue weighted by molar-refractivity contribution is 6.36. The molecule has 0 saturated carbocycles. The van der Waals surface area contributed by atoms with Crippen molar-refractivity contribution in [2.45, 2.75) is 20.5 Å². The third kappa shape index (κ3) is 5.67. The van der Waals surface area contributed by atoms with Gasteiger partial charge >= 0.3 is 0 Å². The van der Waals surface area contributed by atoms with Gasteiger partial charge in [0, 0.05) is 16.3 Å². The Morgan fingerprint density at radius 3 is 2.56 bits per heavy atom. The Morgan fingerprint density at radius 1 is 1.16 bits per heavy atom. The number of carbonyl (C=O) groups is 1. The molecule has 0 bridgehead atoms. The Morgan fingerprint density at radius 2 is 1.88 bits per heavy atom. The largest absolute Gasteiger partial charge is 0.487 e. The Hall–Kier alpha value is -3.33. The number of carbonyl (C=O) groups excluding carboxylic acids is 1. The average Bonchev–Trinajstić information content (AvgIpc) is 2.75. The van der Waals surface area contributed by atoms with Gasteiger partial charge in [-0.2, -0.15) is 5.26 Å². The van der Waals surface area contributed by atoms with Gasteiger partial charge in [0.2, 0.25) is 0 Å². The van der Waals surface area contributed by atoms with E-state index in [-0.39, 0.29) is 28.8 Å². The zero-order valence-electron chi connectivity index (χ0n) is 17.4. The molecule has 0 saturated heterocycles. The molecule has 0 fully saturated rings. The maximum absolute atomic E-state index is 13.1. The van der Waals surface area contributed by atoms with Crippen molar-refractivity contribution >= 4 is 40.9 Å². The van der Waals surface area contributed by atoms with Crippen LogP contribution in [0, 0.1) is 31.0 Å². The van der Waals surface area contributed by atoms with E-state index >= 15 is 0 Å². The summed E-state index contributed by atoms with van der Waals surface area (Å²) in [5.74, 6) is -0.662. The Kier molecular flexibility index (Phi) is 7.53. The monoisotopic (exact) mass is 468 g/mol. The molecule has 3 aromatic carbocycles. The van der Waals surface area contributed by atoms with Gasteiger partial charge in [-0.25, -0.2) is 4.39 Å². The third-order valence-electron chi connectivity index (χ3n) is 4.85. The first-order chi connectivity index (χ1) is 15.3. The minimum absolute atomic E-state index is 0.110. The molecule has 0 atom stereocenters. The van der Waals surface area contributed by atoms with Crippen LogP contribution in [0.3, 0.4) is 0 Å². The predicted molar refractivity (Wildman–Crippen MR) is 125 cm³/mol. The van der Waals surface area contributed by atoms with Gasteiger partial charge in [0.15, 0.2) is 0 Å². The number of hydrogen-bond donors (Lipinski definition) is 1. The summed E-state index contributed by atoms with van der Waals surface area (Å²) in [6.45, 7) is 3.93. The fourth-order valence-electron chi connectivity index (χ4n) is 2.96. The Bertz CT molecular complexity index is 1230. The summed E-state index contributed by atoms with van der Waals surface area (Å²) in [6, 6.07) is 16.3. The summed E-state index contributed by atoms with van der Waals surface area (Å²) in [5, 5.41) is 12.9. The molecule has 7 heteroatoms. The number of rotatable bonds is 6. The van der Waals surface area contributed by atoms with E-state index in [1.807, 2.05) is 32.0 Å². The van der Waals surface area contributed by atoms with Gasteiger partial charge in [0.1, 0.15) is 29.8 Å². The van der Waals surface area contributed by atoms with Crippen molar-refractivity contribution in [2.24, 2.45) is 0 Å². The highest BCUT2D eigenvalue weighted by atomic mass is 35.5. The molecule has 0 aliphatic heterocycles. The molecular formula is C25H19Cl2FN2O2. The van der Waals surface area contributed by atoms with E-state index in [1.54, 1.807) is 24.3 Å². The molecule has 1 amide bonds. The average molecular weight is 469 g/mol. The first-order valence-corrected chi connectivity index (χ1v) is 10.4. The number of benzene rings is 3. The number of ether oxygens (including phenoxy) is 1. The highest BCUT2D eigenvalue weighted by Crippen LogP contribution is 2.34. The summed E-state index contributed by atoms with van der Waals surface area (Å²) < 4.78 is 19.0. The van der Waals surface area contributed by atoms with Gasteiger partial charge in [0.25, 0.3) is 5.91 Å². The van der Waals surface area contributed by atoms with Crippen LogP contribution in [0.1, 0.15) is 22.3 Å². The molecule has 3 rings (SSSR count). The third-order valence-corrected chi connectivity index (χ3v) is 5.35. The topological polar surface area (TPSA) is 62.1 Å². The summed E-state index contributed by atoms with van der Waals surface area (Å²) >= 11 is 12.5. The summed E-state index contributed by atoms with van der Waals surface area (Å²) in [5.41, 5.74) is 3.50. The lowest BCUT2D eigenvalue weighted by Crippen LogP contribution is -2.14. The molecule has 0 aromatic heterocycles. The molecule has 0 aliphatic rings. The molecule has 0 radical (unpaired) electrons. The molecule has 0 aliphatic carbocycles. The van der Waals surface area contributed by atoms with Crippen LogP contribution >= 0.6 is 23.2 Å². The number of anilines is 1. The second kappa shape index (κ2) is 10.3. The number of amides is 1. The zero-order chi connectivity index (χ0) is 23.3. The van der Waals surface area contributed by atoms with Crippen molar-refractivity contribution < 1.29 is 13.9 Å². The van der Waals surface area contributed by atoms with Crippen molar-refractivity contribution in [3.63, 3.8) is 0 Å². The fourth-order valence-corrected chi connectivity index (χ4v) is 3.52. The molecular weight excluding hydrogens is 450 g/mol. The lowest BCUT2D eigenvalue weighted by Gasteiger charge is -2.13. The van der Waals surface area contributed by atoms with Crippen molar-refractivity contribution in [1.29, 1.82) is 5.26 Å². The van der Waals surface area contributed by atoms with Crippen molar-refractivity contribution in [3.05, 3.63) is 98.3 Å². The van der Waals surface area contributed by atoms with E-state index in [4.69, 9.17) is 27.9 Å². The highest BCUT2D eigenvalue weighted by Gasteiger charge is 2.15. The smallest absolute Gasteiger partial charge is 0.266 e. The standard InChI is InChI=1S/C25H19Cl2FN2O2/c1-15-4-3-5-23(16(15)2)30-25(31)19(13-29)10-18-11-20(26)12-22(27)24(18)32-14-17-6-8-21(28)9-7-17/h3-12H,14H2,1-2H3,(H,30,31)/b19-10+. The van der Waals surface area contributed by atoms with Crippen LogP contribution in [-0.2, 0) is 11.4 Å². The maximum atomic E-state index is 13.1. The second-order valence-electron chi connectivity index (χ2n) is 7.09. The van der Waals surface area contributed by atoms with Crippen LogP contribution in [-0.4, -0.2) is 5.91 Å². The number of nitriles is 1. The molecule has 162 valence electrons. The quantitative estimate of drug-likeness (QED) is 0.316. The predicted octanol–water partition coefficient (Wildman–Crippen LogP) is 6.87. The normalized spacial score (nSPS) is 11.1. The number of hydrogen-bond acceptors (Lipinski definition) is 3. The fraction of sp³-hybridized carbons (Fsp3) is 0.120. The van der Waals surface area contributed by atoms with Gasteiger partial charge in [0.05, 0.1) is 5.02 Å². The van der Waals surface area contributed by atoms with Crippen LogP contribution in [0.4, 0.5) is 10.1 Å². The van der Waals surface area contributed by atoms with Crippen molar-refractivity contribution in [2.75, 3.05) is 5.32 Å². The van der Waals surface area contributed by atoms with E-state index in [0.29, 0.717) is 16.3 Å². The van der Waals surface area contributed by atoms with E-state index in [2.05, 4.69) is 5.32 Å². The molecule has 1 N–H and O–H groups in total. The van der Waals surface area contributed by atoms with Gasteiger partial charge in [-0.05, 0) is 66.9 Å². The molecule has 4 nitrogen and oxygen atoms in total. The number of aryl methyl sites for hydroxylation is 1. The van der Waals surface area contributed by atoms with Gasteiger partial charge in [-0.15, -0.1) is 0 Å². The first kappa shape index (κ1) is 23.3. The summed E-state index contributed by atoms with van der Waals surface area (Å²) in [7, 11) is 0. The van der Waals surface area contributed by atoms with Crippen molar-refractivity contribution in [1.82, 2.24) is 0 Å². The van der Waals surface area contributed by atoms with Crippen LogP contribution in [0.2, 0.25) is 10.0 Å². The van der Waals surface area contributed by atoms with Crippen molar-refractivity contribution in [3.8, 4) is 11.8 Å². The lowest BCUT2D eigenvalue weighted by atomic mass is 10.1. The minimum atomic E-state index is -0.568. The van der Waals surface area contributed by atoms with Crippen LogP contribution in [0.15, 0.2) is 60.2 Å².